The molecular weight excluding hydrogens is 300 g/mol. The predicted octanol–water partition coefficient (Wildman–Crippen LogP) is 4.08. The molecule has 0 bridgehead atoms. The van der Waals surface area contributed by atoms with Crippen LogP contribution in [0.2, 0.25) is 0 Å². The number of benzene rings is 1. The Morgan fingerprint density at radius 1 is 1.33 bits per heavy atom. The van der Waals surface area contributed by atoms with Crippen LogP contribution >= 0.6 is 0 Å². The van der Waals surface area contributed by atoms with E-state index in [2.05, 4.69) is 13.0 Å². The monoisotopic (exact) mass is 328 g/mol. The maximum absolute atomic E-state index is 13.0. The second-order valence-electron chi connectivity index (χ2n) is 8.21. The highest BCUT2D eigenvalue weighted by Gasteiger charge is 2.57. The molecule has 0 amide bonds. The van der Waals surface area contributed by atoms with Gasteiger partial charge in [0, 0.05) is 17.9 Å². The van der Waals surface area contributed by atoms with E-state index in [0.29, 0.717) is 42.5 Å². The summed E-state index contributed by atoms with van der Waals surface area (Å²) in [5.41, 5.74) is 2.60. The van der Waals surface area contributed by atoms with Crippen LogP contribution < -0.4 is 0 Å². The van der Waals surface area contributed by atoms with Gasteiger partial charge in [0.2, 0.25) is 0 Å². The number of phenols is 1. The molecule has 4 rings (SSSR count). The molecule has 3 aliphatic rings. The van der Waals surface area contributed by atoms with Crippen molar-refractivity contribution in [1.29, 1.82) is 0 Å². The molecule has 4 unspecified atom stereocenters. The second-order valence-corrected chi connectivity index (χ2v) is 8.21. The van der Waals surface area contributed by atoms with E-state index in [-0.39, 0.29) is 11.3 Å². The second kappa shape index (κ2) is 5.87. The van der Waals surface area contributed by atoms with Gasteiger partial charge in [-0.2, -0.15) is 0 Å². The highest BCUT2D eigenvalue weighted by Crippen LogP contribution is 2.60. The molecule has 0 aliphatic heterocycles. The lowest BCUT2D eigenvalue weighted by Crippen LogP contribution is -2.42. The first-order chi connectivity index (χ1) is 11.5. The fraction of sp³-hybridized carbons (Fsp3) is 0.667. The Hall–Kier alpha value is -1.35. The smallest absolute Gasteiger partial charge is 0.144 e. The van der Waals surface area contributed by atoms with Crippen molar-refractivity contribution in [2.24, 2.45) is 23.2 Å². The van der Waals surface area contributed by atoms with E-state index in [1.54, 1.807) is 0 Å². The zero-order chi connectivity index (χ0) is 16.9. The van der Waals surface area contributed by atoms with Crippen LogP contribution in [0.1, 0.15) is 56.6 Å². The van der Waals surface area contributed by atoms with Crippen molar-refractivity contribution in [3.05, 3.63) is 29.3 Å². The molecule has 0 heterocycles. The number of carbonyl (C=O) groups excluding carboxylic acids is 1. The van der Waals surface area contributed by atoms with Crippen LogP contribution in [-0.4, -0.2) is 24.1 Å². The molecule has 0 radical (unpaired) electrons. The Morgan fingerprint density at radius 3 is 2.96 bits per heavy atom. The van der Waals surface area contributed by atoms with E-state index in [9.17, 15) is 9.90 Å². The van der Waals surface area contributed by atoms with Crippen molar-refractivity contribution in [3.63, 3.8) is 0 Å². The van der Waals surface area contributed by atoms with Crippen LogP contribution in [0.3, 0.4) is 0 Å². The molecule has 24 heavy (non-hydrogen) atoms. The van der Waals surface area contributed by atoms with Gasteiger partial charge in [0.15, 0.2) is 0 Å². The van der Waals surface area contributed by atoms with Crippen LogP contribution in [0, 0.1) is 23.2 Å². The highest BCUT2D eigenvalue weighted by molar-refractivity contribution is 5.89. The number of hydrogen-bond donors (Lipinski definition) is 1. The number of fused-ring (bicyclic) bond motifs is 5. The topological polar surface area (TPSA) is 46.5 Å². The van der Waals surface area contributed by atoms with Crippen LogP contribution in [-0.2, 0) is 16.0 Å². The van der Waals surface area contributed by atoms with E-state index < -0.39 is 0 Å². The first-order valence-corrected chi connectivity index (χ1v) is 9.48. The quantitative estimate of drug-likeness (QED) is 0.909. The number of rotatable bonds is 3. The number of carbonyl (C=O) groups is 1. The van der Waals surface area contributed by atoms with Gasteiger partial charge in [-0.25, -0.2) is 0 Å². The SMILES string of the molecule is CCOCC1CC2C3CCc4cc(O)ccc4C3CC[C@]2(C)C1=O. The number of Topliss-reactive ketones (excluding diaryl/α,β-unsaturated/α-hetero) is 1. The van der Waals surface area contributed by atoms with Crippen LogP contribution in [0.25, 0.3) is 0 Å². The lowest BCUT2D eigenvalue weighted by atomic mass is 9.55. The Balaban J connectivity index is 1.62. The molecule has 3 heteroatoms. The summed E-state index contributed by atoms with van der Waals surface area (Å²) in [5.74, 6) is 2.59. The average molecular weight is 328 g/mol. The van der Waals surface area contributed by atoms with Crippen LogP contribution in [0.5, 0.6) is 5.75 Å². The van der Waals surface area contributed by atoms with E-state index in [4.69, 9.17) is 4.74 Å². The van der Waals surface area contributed by atoms with Crippen LogP contribution in [0.4, 0.5) is 0 Å². The molecule has 3 nitrogen and oxygen atoms in total. The molecule has 0 aromatic heterocycles. The lowest BCUT2D eigenvalue weighted by Gasteiger charge is -2.48. The van der Waals surface area contributed by atoms with Gasteiger partial charge in [0.05, 0.1) is 6.61 Å². The molecule has 2 fully saturated rings. The maximum atomic E-state index is 13.0. The van der Waals surface area contributed by atoms with Crippen LogP contribution in [0.15, 0.2) is 18.2 Å². The van der Waals surface area contributed by atoms with Gasteiger partial charge >= 0.3 is 0 Å². The van der Waals surface area contributed by atoms with E-state index in [1.165, 1.54) is 11.1 Å². The van der Waals surface area contributed by atoms with Crippen molar-refractivity contribution < 1.29 is 14.6 Å². The van der Waals surface area contributed by atoms with Crippen molar-refractivity contribution in [1.82, 2.24) is 0 Å². The molecule has 3 aliphatic carbocycles. The maximum Gasteiger partial charge on any atom is 0.144 e. The van der Waals surface area contributed by atoms with Crippen molar-refractivity contribution in [2.45, 2.75) is 51.9 Å². The van der Waals surface area contributed by atoms with Gasteiger partial charge < -0.3 is 9.84 Å². The summed E-state index contributed by atoms with van der Waals surface area (Å²) in [6.45, 7) is 5.50. The molecular formula is C21H28O3. The third-order valence-corrected chi connectivity index (χ3v) is 7.10. The molecule has 1 aromatic carbocycles. The standard InChI is InChI=1S/C21H28O3/c1-3-24-12-14-11-19-18-6-4-13-10-15(22)5-7-16(13)17(18)8-9-21(19,2)20(14)23/h5,7,10,14,17-19,22H,3-4,6,8-9,11-12H2,1-2H3/t14?,17?,18?,19?,21-/m0/s1. The van der Waals surface area contributed by atoms with Gasteiger partial charge in [-0.05, 0) is 80.0 Å². The molecule has 130 valence electrons. The fourth-order valence-corrected chi connectivity index (χ4v) is 5.91. The van der Waals surface area contributed by atoms with E-state index in [0.717, 1.165) is 32.1 Å². The molecule has 0 saturated heterocycles. The minimum atomic E-state index is -0.142. The van der Waals surface area contributed by atoms with E-state index in [1.807, 2.05) is 19.1 Å². The number of aromatic hydroxyl groups is 1. The molecule has 0 spiro atoms. The number of hydrogen-bond acceptors (Lipinski definition) is 3. The summed E-state index contributed by atoms with van der Waals surface area (Å²) in [4.78, 5) is 13.0. The Morgan fingerprint density at radius 2 is 2.17 bits per heavy atom. The zero-order valence-electron chi connectivity index (χ0n) is 14.8. The molecule has 5 atom stereocenters. The number of ether oxygens (including phenoxy) is 1. The van der Waals surface area contributed by atoms with Crippen molar-refractivity contribution in [3.8, 4) is 5.75 Å². The van der Waals surface area contributed by atoms with Crippen molar-refractivity contribution >= 4 is 5.78 Å². The third kappa shape index (κ3) is 2.32. The Kier molecular flexibility index (Phi) is 3.95. The molecule has 1 aromatic rings. The normalized spacial score (nSPS) is 37.7. The minimum Gasteiger partial charge on any atom is -0.508 e. The summed E-state index contributed by atoms with van der Waals surface area (Å²) in [6.07, 6.45) is 5.28. The minimum absolute atomic E-state index is 0.0971. The van der Waals surface area contributed by atoms with Gasteiger partial charge in [-0.15, -0.1) is 0 Å². The number of phenolic OH excluding ortho intramolecular Hbond substituents is 1. The summed E-state index contributed by atoms with van der Waals surface area (Å²) in [5, 5.41) is 9.77. The first kappa shape index (κ1) is 16.1. The molecule has 2 saturated carbocycles. The average Bonchev–Trinajstić information content (AvgIpc) is 2.84. The fourth-order valence-electron chi connectivity index (χ4n) is 5.91. The van der Waals surface area contributed by atoms with Gasteiger partial charge in [-0.3, -0.25) is 4.79 Å². The lowest BCUT2D eigenvalue weighted by molar-refractivity contribution is -0.133. The largest absolute Gasteiger partial charge is 0.508 e. The van der Waals surface area contributed by atoms with Gasteiger partial charge in [0.1, 0.15) is 11.5 Å². The first-order valence-electron chi connectivity index (χ1n) is 9.48. The number of ketones is 1. The Labute approximate surface area is 144 Å². The summed E-state index contributed by atoms with van der Waals surface area (Å²) in [6, 6.07) is 5.89. The predicted molar refractivity (Wildman–Crippen MR) is 93.1 cm³/mol. The summed E-state index contributed by atoms with van der Waals surface area (Å²) in [7, 11) is 0. The molecule has 1 N–H and O–H groups in total. The third-order valence-electron chi connectivity index (χ3n) is 7.10. The summed E-state index contributed by atoms with van der Waals surface area (Å²) >= 11 is 0. The van der Waals surface area contributed by atoms with Gasteiger partial charge in [0.25, 0.3) is 0 Å². The Bertz CT molecular complexity index is 652. The van der Waals surface area contributed by atoms with E-state index >= 15 is 0 Å². The van der Waals surface area contributed by atoms with Gasteiger partial charge in [-0.1, -0.05) is 13.0 Å². The zero-order valence-corrected chi connectivity index (χ0v) is 14.8. The highest BCUT2D eigenvalue weighted by atomic mass is 16.5. The van der Waals surface area contributed by atoms with Crippen molar-refractivity contribution in [2.75, 3.05) is 13.2 Å². The number of aryl methyl sites for hydroxylation is 1. The summed E-state index contributed by atoms with van der Waals surface area (Å²) < 4.78 is 5.60.